The van der Waals surface area contributed by atoms with E-state index < -0.39 is 6.04 Å². The van der Waals surface area contributed by atoms with Crippen LogP contribution < -0.4 is 14.8 Å². The van der Waals surface area contributed by atoms with Crippen molar-refractivity contribution in [2.45, 2.75) is 12.6 Å². The normalized spacial score (nSPS) is 11.8. The van der Waals surface area contributed by atoms with E-state index in [1.165, 1.54) is 12.1 Å². The summed E-state index contributed by atoms with van der Waals surface area (Å²) in [6, 6.07) is 20.3. The van der Waals surface area contributed by atoms with Gasteiger partial charge in [-0.3, -0.25) is 9.69 Å². The van der Waals surface area contributed by atoms with Crippen molar-refractivity contribution >= 4 is 11.6 Å². The highest BCUT2D eigenvalue weighted by atomic mass is 19.1. The van der Waals surface area contributed by atoms with E-state index >= 15 is 0 Å². The third-order valence-electron chi connectivity index (χ3n) is 4.82. The number of para-hydroxylation sites is 1. The van der Waals surface area contributed by atoms with Crippen LogP contribution in [0.15, 0.2) is 72.8 Å². The van der Waals surface area contributed by atoms with Crippen molar-refractivity contribution in [3.05, 3.63) is 89.7 Å². The van der Waals surface area contributed by atoms with Crippen LogP contribution >= 0.6 is 0 Å². The number of benzene rings is 3. The van der Waals surface area contributed by atoms with Crippen LogP contribution in [0.1, 0.15) is 17.2 Å². The molecule has 1 atom stereocenters. The van der Waals surface area contributed by atoms with Gasteiger partial charge >= 0.3 is 0 Å². The zero-order chi connectivity index (χ0) is 21.5. The molecule has 1 amide bonds. The number of likely N-dealkylation sites (N-methyl/N-ethyl adjacent to an activating group) is 1. The van der Waals surface area contributed by atoms with E-state index in [2.05, 4.69) is 5.32 Å². The van der Waals surface area contributed by atoms with Crippen molar-refractivity contribution in [2.75, 3.05) is 26.6 Å². The molecule has 3 aromatic carbocycles. The lowest BCUT2D eigenvalue weighted by atomic mass is 10.0. The maximum Gasteiger partial charge on any atom is 0.246 e. The summed E-state index contributed by atoms with van der Waals surface area (Å²) in [6.45, 7) is 0.455. The molecule has 5 nitrogen and oxygen atoms in total. The van der Waals surface area contributed by atoms with Gasteiger partial charge in [0.1, 0.15) is 11.9 Å². The summed E-state index contributed by atoms with van der Waals surface area (Å²) < 4.78 is 24.1. The van der Waals surface area contributed by atoms with Gasteiger partial charge in [-0.2, -0.15) is 0 Å². The lowest BCUT2D eigenvalue weighted by Crippen LogP contribution is -2.34. The number of amides is 1. The first kappa shape index (κ1) is 21.3. The Hall–Kier alpha value is -3.38. The number of methoxy groups -OCH3 is 2. The second kappa shape index (κ2) is 9.89. The molecule has 0 saturated carbocycles. The summed E-state index contributed by atoms with van der Waals surface area (Å²) in [5.41, 5.74) is 2.28. The molecule has 3 rings (SSSR count). The monoisotopic (exact) mass is 408 g/mol. The third kappa shape index (κ3) is 4.96. The highest BCUT2D eigenvalue weighted by molar-refractivity contribution is 5.95. The lowest BCUT2D eigenvalue weighted by molar-refractivity contribution is -0.121. The van der Waals surface area contributed by atoms with Crippen LogP contribution in [0.4, 0.5) is 10.1 Å². The Morgan fingerprint density at radius 1 is 0.967 bits per heavy atom. The zero-order valence-electron chi connectivity index (χ0n) is 17.3. The molecule has 0 aliphatic carbocycles. The average molecular weight is 408 g/mol. The van der Waals surface area contributed by atoms with E-state index in [1.54, 1.807) is 26.4 Å². The molecule has 0 radical (unpaired) electrons. The molecule has 0 aliphatic heterocycles. The van der Waals surface area contributed by atoms with E-state index in [-0.39, 0.29) is 11.7 Å². The number of nitrogens with one attached hydrogen (secondary N) is 1. The first-order valence-electron chi connectivity index (χ1n) is 9.55. The van der Waals surface area contributed by atoms with Gasteiger partial charge in [-0.15, -0.1) is 0 Å². The van der Waals surface area contributed by atoms with E-state index in [0.717, 1.165) is 11.1 Å². The molecule has 0 heterocycles. The van der Waals surface area contributed by atoms with Gasteiger partial charge < -0.3 is 14.8 Å². The number of hydrogen-bond acceptors (Lipinski definition) is 4. The minimum atomic E-state index is -0.563. The number of halogens is 1. The molecular weight excluding hydrogens is 383 g/mol. The molecule has 0 aromatic heterocycles. The van der Waals surface area contributed by atoms with E-state index in [4.69, 9.17) is 9.47 Å². The Balaban J connectivity index is 1.89. The van der Waals surface area contributed by atoms with Gasteiger partial charge in [-0.05, 0) is 42.9 Å². The highest BCUT2D eigenvalue weighted by Gasteiger charge is 2.26. The Morgan fingerprint density at radius 2 is 1.67 bits per heavy atom. The van der Waals surface area contributed by atoms with Gasteiger partial charge in [0.2, 0.25) is 5.91 Å². The second-order valence-electron chi connectivity index (χ2n) is 6.88. The van der Waals surface area contributed by atoms with Crippen LogP contribution in [-0.4, -0.2) is 32.1 Å². The average Bonchev–Trinajstić information content (AvgIpc) is 2.76. The van der Waals surface area contributed by atoms with Gasteiger partial charge in [-0.1, -0.05) is 42.5 Å². The van der Waals surface area contributed by atoms with Gasteiger partial charge in [0.15, 0.2) is 11.5 Å². The minimum Gasteiger partial charge on any atom is -0.493 e. The lowest BCUT2D eigenvalue weighted by Gasteiger charge is -2.28. The molecule has 30 heavy (non-hydrogen) atoms. The standard InChI is InChI=1S/C24H25FN2O3/c1-27(16-18-10-7-11-21(29-2)23(18)30-3)22(17-8-5-4-6-9-17)24(28)26-20-14-12-19(25)13-15-20/h4-15,22H,16H2,1-3H3,(H,26,28)/t22-/m0/s1. The summed E-state index contributed by atoms with van der Waals surface area (Å²) in [7, 11) is 5.06. The number of carbonyl (C=O) groups excluding carboxylic acids is 1. The van der Waals surface area contributed by atoms with Crippen molar-refractivity contribution in [3.8, 4) is 11.5 Å². The molecule has 0 unspecified atom stereocenters. The Bertz CT molecular complexity index is 978. The van der Waals surface area contributed by atoms with Crippen LogP contribution in [-0.2, 0) is 11.3 Å². The first-order valence-corrected chi connectivity index (χ1v) is 9.55. The Morgan fingerprint density at radius 3 is 2.30 bits per heavy atom. The molecular formula is C24H25FN2O3. The van der Waals surface area contributed by atoms with Crippen molar-refractivity contribution in [1.29, 1.82) is 0 Å². The number of carbonyl (C=O) groups is 1. The Labute approximate surface area is 176 Å². The molecule has 0 spiro atoms. The molecule has 0 bridgehead atoms. The number of nitrogens with zero attached hydrogens (tertiary/aromatic N) is 1. The van der Waals surface area contributed by atoms with E-state index in [0.29, 0.717) is 23.7 Å². The fraction of sp³-hybridized carbons (Fsp3) is 0.208. The topological polar surface area (TPSA) is 50.8 Å². The van der Waals surface area contributed by atoms with Crippen molar-refractivity contribution < 1.29 is 18.7 Å². The van der Waals surface area contributed by atoms with Gasteiger partial charge in [-0.25, -0.2) is 4.39 Å². The predicted octanol–water partition coefficient (Wildman–Crippen LogP) is 4.65. The first-order chi connectivity index (χ1) is 14.5. The molecule has 156 valence electrons. The predicted molar refractivity (Wildman–Crippen MR) is 115 cm³/mol. The van der Waals surface area contributed by atoms with Gasteiger partial charge in [0.25, 0.3) is 0 Å². The third-order valence-corrected chi connectivity index (χ3v) is 4.82. The molecule has 3 aromatic rings. The highest BCUT2D eigenvalue weighted by Crippen LogP contribution is 2.33. The number of rotatable bonds is 8. The van der Waals surface area contributed by atoms with Crippen LogP contribution in [0.25, 0.3) is 0 Å². The van der Waals surface area contributed by atoms with Crippen LogP contribution in [0.3, 0.4) is 0 Å². The van der Waals surface area contributed by atoms with Crippen LogP contribution in [0, 0.1) is 5.82 Å². The van der Waals surface area contributed by atoms with Crippen molar-refractivity contribution in [2.24, 2.45) is 0 Å². The summed E-state index contributed by atoms with van der Waals surface area (Å²) >= 11 is 0. The maximum absolute atomic E-state index is 13.2. The van der Waals surface area contributed by atoms with Crippen LogP contribution in [0.2, 0.25) is 0 Å². The van der Waals surface area contributed by atoms with Gasteiger partial charge in [0.05, 0.1) is 14.2 Å². The quantitative estimate of drug-likeness (QED) is 0.589. The molecule has 1 N–H and O–H groups in total. The number of hydrogen-bond donors (Lipinski definition) is 1. The number of anilines is 1. The van der Waals surface area contributed by atoms with Gasteiger partial charge in [0, 0.05) is 17.8 Å². The summed E-state index contributed by atoms with van der Waals surface area (Å²) in [4.78, 5) is 15.1. The fourth-order valence-corrected chi connectivity index (χ4v) is 3.42. The molecule has 0 saturated heterocycles. The summed E-state index contributed by atoms with van der Waals surface area (Å²) in [6.07, 6.45) is 0. The largest absolute Gasteiger partial charge is 0.493 e. The zero-order valence-corrected chi connectivity index (χ0v) is 17.3. The molecule has 0 fully saturated rings. The van der Waals surface area contributed by atoms with Crippen molar-refractivity contribution in [3.63, 3.8) is 0 Å². The smallest absolute Gasteiger partial charge is 0.246 e. The van der Waals surface area contributed by atoms with Crippen LogP contribution in [0.5, 0.6) is 11.5 Å². The van der Waals surface area contributed by atoms with Crippen molar-refractivity contribution in [1.82, 2.24) is 4.90 Å². The van der Waals surface area contributed by atoms with E-state index in [1.807, 2.05) is 60.5 Å². The molecule has 6 heteroatoms. The fourth-order valence-electron chi connectivity index (χ4n) is 3.42. The Kier molecular flexibility index (Phi) is 7.03. The van der Waals surface area contributed by atoms with E-state index in [9.17, 15) is 9.18 Å². The number of ether oxygens (including phenoxy) is 2. The SMILES string of the molecule is COc1cccc(CN(C)[C@H](C(=O)Nc2ccc(F)cc2)c2ccccc2)c1OC. The molecule has 0 aliphatic rings. The maximum atomic E-state index is 13.2. The minimum absolute atomic E-state index is 0.211. The summed E-state index contributed by atoms with van der Waals surface area (Å²) in [5.74, 6) is 0.708. The second-order valence-corrected chi connectivity index (χ2v) is 6.88. The summed E-state index contributed by atoms with van der Waals surface area (Å²) in [5, 5.41) is 2.88.